The SMILES string of the molecule is COC(=O)c1c(C(C)C)nc2c(Cl)cc(Cl)cc2c1OS(=O)[O-]. The molecular weight excluding hydrogens is 365 g/mol. The highest BCUT2D eigenvalue weighted by Gasteiger charge is 2.26. The smallest absolute Gasteiger partial charge is 0.343 e. The predicted molar refractivity (Wildman–Crippen MR) is 86.7 cm³/mol. The molecule has 0 aliphatic rings. The Kier molecular flexibility index (Phi) is 5.46. The van der Waals surface area contributed by atoms with Gasteiger partial charge in [-0.05, 0) is 18.1 Å². The molecule has 23 heavy (non-hydrogen) atoms. The van der Waals surface area contributed by atoms with Gasteiger partial charge in [-0.15, -0.1) is 0 Å². The second-order valence-electron chi connectivity index (χ2n) is 4.92. The zero-order chi connectivity index (χ0) is 17.3. The van der Waals surface area contributed by atoms with Crippen molar-refractivity contribution in [2.45, 2.75) is 19.8 Å². The lowest BCUT2D eigenvalue weighted by Crippen LogP contribution is -2.14. The van der Waals surface area contributed by atoms with E-state index in [-0.39, 0.29) is 38.2 Å². The lowest BCUT2D eigenvalue weighted by molar-refractivity contribution is 0.0596. The van der Waals surface area contributed by atoms with Gasteiger partial charge in [0.15, 0.2) is 5.75 Å². The number of aromatic nitrogens is 1. The highest BCUT2D eigenvalue weighted by atomic mass is 35.5. The van der Waals surface area contributed by atoms with E-state index < -0.39 is 17.3 Å². The number of fused-ring (bicyclic) bond motifs is 1. The van der Waals surface area contributed by atoms with Crippen molar-refractivity contribution in [1.82, 2.24) is 4.98 Å². The summed E-state index contributed by atoms with van der Waals surface area (Å²) < 4.78 is 31.7. The van der Waals surface area contributed by atoms with Gasteiger partial charge in [-0.3, -0.25) is 0 Å². The van der Waals surface area contributed by atoms with Crippen LogP contribution >= 0.6 is 23.2 Å². The van der Waals surface area contributed by atoms with Gasteiger partial charge < -0.3 is 13.5 Å². The van der Waals surface area contributed by atoms with Crippen molar-refractivity contribution in [1.29, 1.82) is 0 Å². The van der Waals surface area contributed by atoms with Crippen LogP contribution in [0.2, 0.25) is 10.0 Å². The summed E-state index contributed by atoms with van der Waals surface area (Å²) in [5.74, 6) is -1.18. The third-order valence-electron chi connectivity index (χ3n) is 3.08. The van der Waals surface area contributed by atoms with Crippen LogP contribution in [0.5, 0.6) is 5.75 Å². The van der Waals surface area contributed by atoms with Crippen LogP contribution in [0.25, 0.3) is 10.9 Å². The number of nitrogens with zero attached hydrogens (tertiary/aromatic N) is 1. The highest BCUT2D eigenvalue weighted by molar-refractivity contribution is 7.74. The number of methoxy groups -OCH3 is 1. The molecule has 1 heterocycles. The van der Waals surface area contributed by atoms with Crippen LogP contribution in [0.4, 0.5) is 0 Å². The Morgan fingerprint density at radius 3 is 2.52 bits per heavy atom. The van der Waals surface area contributed by atoms with E-state index in [0.29, 0.717) is 5.69 Å². The molecule has 0 radical (unpaired) electrons. The second-order valence-corrected chi connectivity index (χ2v) is 6.34. The molecule has 0 saturated heterocycles. The first-order valence-corrected chi connectivity index (χ1v) is 8.20. The van der Waals surface area contributed by atoms with Crippen LogP contribution < -0.4 is 4.18 Å². The van der Waals surface area contributed by atoms with E-state index in [9.17, 15) is 13.6 Å². The zero-order valence-electron chi connectivity index (χ0n) is 12.4. The fourth-order valence-electron chi connectivity index (χ4n) is 2.15. The Labute approximate surface area is 145 Å². The molecule has 0 spiro atoms. The van der Waals surface area contributed by atoms with Gasteiger partial charge in [0.2, 0.25) is 0 Å². The molecule has 0 aliphatic carbocycles. The standard InChI is InChI=1S/C14H13Cl2NO5S/c1-6(2)11-10(14(18)21-3)13(22-23(19)20)8-4-7(15)5-9(16)12(8)17-11/h4-6H,1-3H3,(H,19,20)/p-1. The van der Waals surface area contributed by atoms with Crippen LogP contribution in [-0.2, 0) is 16.1 Å². The molecule has 1 atom stereocenters. The van der Waals surface area contributed by atoms with E-state index in [1.807, 2.05) is 0 Å². The maximum absolute atomic E-state index is 12.1. The summed E-state index contributed by atoms with van der Waals surface area (Å²) in [4.78, 5) is 16.5. The van der Waals surface area contributed by atoms with Crippen molar-refractivity contribution in [3.63, 3.8) is 0 Å². The van der Waals surface area contributed by atoms with Crippen molar-refractivity contribution in [2.24, 2.45) is 0 Å². The van der Waals surface area contributed by atoms with Crippen LogP contribution in [0, 0.1) is 0 Å². The number of carbonyl (C=O) groups excluding carboxylic acids is 1. The monoisotopic (exact) mass is 376 g/mol. The molecule has 1 aromatic heterocycles. The van der Waals surface area contributed by atoms with Gasteiger partial charge in [-0.25, -0.2) is 14.0 Å². The van der Waals surface area contributed by atoms with Crippen LogP contribution in [-0.4, -0.2) is 26.8 Å². The first-order valence-electron chi connectivity index (χ1n) is 6.44. The average molecular weight is 377 g/mol. The van der Waals surface area contributed by atoms with Crippen LogP contribution in [0.1, 0.15) is 35.8 Å². The summed E-state index contributed by atoms with van der Waals surface area (Å²) in [6, 6.07) is 2.90. The Morgan fingerprint density at radius 2 is 2.00 bits per heavy atom. The summed E-state index contributed by atoms with van der Waals surface area (Å²) in [5.41, 5.74) is 0.527. The van der Waals surface area contributed by atoms with Gasteiger partial charge in [0.05, 0.1) is 23.3 Å². The van der Waals surface area contributed by atoms with Crippen molar-refractivity contribution >= 4 is 51.4 Å². The molecule has 1 aromatic carbocycles. The van der Waals surface area contributed by atoms with Gasteiger partial charge in [-0.1, -0.05) is 37.0 Å². The molecule has 0 fully saturated rings. The fraction of sp³-hybridized carbons (Fsp3) is 0.286. The Hall–Kier alpha value is -1.41. The van der Waals surface area contributed by atoms with Gasteiger partial charge in [0.25, 0.3) is 0 Å². The first kappa shape index (κ1) is 17.9. The number of ether oxygens (including phenoxy) is 1. The third-order valence-corrected chi connectivity index (χ3v) is 3.89. The molecule has 2 aromatic rings. The molecular formula is C14H12Cl2NO5S-. The maximum atomic E-state index is 12.1. The number of hydrogen-bond donors (Lipinski definition) is 0. The molecule has 2 rings (SSSR count). The Morgan fingerprint density at radius 1 is 1.35 bits per heavy atom. The maximum Gasteiger partial charge on any atom is 0.343 e. The molecule has 0 N–H and O–H groups in total. The average Bonchev–Trinajstić information content (AvgIpc) is 2.45. The van der Waals surface area contributed by atoms with Crippen molar-refractivity contribution in [2.75, 3.05) is 7.11 Å². The van der Waals surface area contributed by atoms with Crippen molar-refractivity contribution < 1.29 is 22.5 Å². The van der Waals surface area contributed by atoms with Crippen molar-refractivity contribution in [3.8, 4) is 5.75 Å². The topological polar surface area (TPSA) is 88.6 Å². The summed E-state index contributed by atoms with van der Waals surface area (Å²) in [7, 11) is 1.18. The largest absolute Gasteiger partial charge is 0.740 e. The predicted octanol–water partition coefficient (Wildman–Crippen LogP) is 3.62. The van der Waals surface area contributed by atoms with E-state index in [1.165, 1.54) is 19.2 Å². The number of pyridine rings is 1. The zero-order valence-corrected chi connectivity index (χ0v) is 14.7. The van der Waals surface area contributed by atoms with Gasteiger partial charge in [0.1, 0.15) is 16.9 Å². The third kappa shape index (κ3) is 3.58. The van der Waals surface area contributed by atoms with E-state index >= 15 is 0 Å². The van der Waals surface area contributed by atoms with E-state index in [0.717, 1.165) is 0 Å². The summed E-state index contributed by atoms with van der Waals surface area (Å²) >= 11 is 9.20. The van der Waals surface area contributed by atoms with Gasteiger partial charge >= 0.3 is 5.97 Å². The minimum absolute atomic E-state index is 0.0717. The molecule has 0 bridgehead atoms. The Bertz CT molecular complexity index is 810. The van der Waals surface area contributed by atoms with Crippen LogP contribution in [0.15, 0.2) is 12.1 Å². The van der Waals surface area contributed by atoms with Crippen molar-refractivity contribution in [3.05, 3.63) is 33.4 Å². The van der Waals surface area contributed by atoms with E-state index in [4.69, 9.17) is 32.1 Å². The molecule has 0 amide bonds. The molecule has 0 saturated carbocycles. The molecule has 9 heteroatoms. The lowest BCUT2D eigenvalue weighted by Gasteiger charge is -2.18. The van der Waals surface area contributed by atoms with E-state index in [1.54, 1.807) is 13.8 Å². The molecule has 124 valence electrons. The summed E-state index contributed by atoms with van der Waals surface area (Å²) in [6.45, 7) is 3.59. The number of benzene rings is 1. The fourth-order valence-corrected chi connectivity index (χ4v) is 3.00. The number of carbonyl (C=O) groups is 1. The first-order chi connectivity index (χ1) is 10.8. The van der Waals surface area contributed by atoms with Gasteiger partial charge in [-0.2, -0.15) is 0 Å². The van der Waals surface area contributed by atoms with Crippen LogP contribution in [0.3, 0.4) is 0 Å². The molecule has 1 unspecified atom stereocenters. The highest BCUT2D eigenvalue weighted by Crippen LogP contribution is 2.39. The number of hydrogen-bond acceptors (Lipinski definition) is 6. The molecule has 6 nitrogen and oxygen atoms in total. The number of esters is 1. The van der Waals surface area contributed by atoms with Gasteiger partial charge in [0, 0.05) is 10.4 Å². The number of halogens is 2. The number of rotatable bonds is 4. The normalized spacial score (nSPS) is 12.5. The second kappa shape index (κ2) is 7.00. The quantitative estimate of drug-likeness (QED) is 0.597. The minimum Gasteiger partial charge on any atom is -0.740 e. The minimum atomic E-state index is -2.91. The summed E-state index contributed by atoms with van der Waals surface area (Å²) in [5, 5.41) is 0.669. The lowest BCUT2D eigenvalue weighted by atomic mass is 10.00. The summed E-state index contributed by atoms with van der Waals surface area (Å²) in [6.07, 6.45) is 0. The molecule has 0 aliphatic heterocycles. The Balaban J connectivity index is 2.99. The van der Waals surface area contributed by atoms with E-state index in [2.05, 4.69) is 4.98 Å².